The highest BCUT2D eigenvalue weighted by Crippen LogP contribution is 2.27. The van der Waals surface area contributed by atoms with E-state index < -0.39 is 0 Å². The monoisotopic (exact) mass is 220 g/mol. The van der Waals surface area contributed by atoms with Crippen molar-refractivity contribution >= 4 is 5.78 Å². The molecule has 1 unspecified atom stereocenters. The number of carbonyl (C=O) groups excluding carboxylic acids is 1. The van der Waals surface area contributed by atoms with Gasteiger partial charge in [0.25, 0.3) is 0 Å². The highest BCUT2D eigenvalue weighted by molar-refractivity contribution is 6.01. The molecule has 0 aromatic heterocycles. The van der Waals surface area contributed by atoms with Crippen molar-refractivity contribution in [1.29, 1.82) is 0 Å². The van der Waals surface area contributed by atoms with Crippen LogP contribution in [0.3, 0.4) is 0 Å². The summed E-state index contributed by atoms with van der Waals surface area (Å²) in [5.74, 6) is 0.926. The van der Waals surface area contributed by atoms with E-state index in [4.69, 9.17) is 4.74 Å². The van der Waals surface area contributed by atoms with E-state index in [2.05, 4.69) is 21.1 Å². The van der Waals surface area contributed by atoms with Crippen molar-refractivity contribution in [3.8, 4) is 5.75 Å². The molecule has 86 valence electrons. The molecule has 3 heteroatoms. The highest BCUT2D eigenvalue weighted by atomic mass is 16.5. The Kier molecular flexibility index (Phi) is 2.72. The van der Waals surface area contributed by atoms with Crippen LogP contribution in [0, 0.1) is 5.92 Å². The molecule has 3 nitrogen and oxygen atoms in total. The number of quaternary nitrogens is 1. The third-order valence-corrected chi connectivity index (χ3v) is 2.73. The number of para-hydroxylation sites is 1. The lowest BCUT2D eigenvalue weighted by atomic mass is 9.94. The summed E-state index contributed by atoms with van der Waals surface area (Å²) >= 11 is 0. The number of fused-ring (bicyclic) bond motifs is 1. The zero-order chi connectivity index (χ0) is 11.8. The summed E-state index contributed by atoms with van der Waals surface area (Å²) in [7, 11) is 6.27. The Hall–Kier alpha value is -1.35. The van der Waals surface area contributed by atoms with Crippen LogP contribution in [-0.2, 0) is 0 Å². The van der Waals surface area contributed by atoms with E-state index in [1.165, 1.54) is 0 Å². The van der Waals surface area contributed by atoms with Crippen molar-refractivity contribution < 1.29 is 14.0 Å². The van der Waals surface area contributed by atoms with Crippen LogP contribution >= 0.6 is 0 Å². The van der Waals surface area contributed by atoms with Gasteiger partial charge in [0.2, 0.25) is 0 Å². The zero-order valence-electron chi connectivity index (χ0n) is 10.1. The number of rotatable bonds is 2. The molecule has 0 saturated heterocycles. The molecule has 0 amide bonds. The molecule has 0 fully saturated rings. The summed E-state index contributed by atoms with van der Waals surface area (Å²) in [5, 5.41) is 0. The summed E-state index contributed by atoms with van der Waals surface area (Å²) in [6, 6.07) is 7.48. The maximum absolute atomic E-state index is 12.2. The van der Waals surface area contributed by atoms with Crippen LogP contribution in [-0.4, -0.2) is 44.6 Å². The first-order valence-corrected chi connectivity index (χ1v) is 5.54. The van der Waals surface area contributed by atoms with Crippen molar-refractivity contribution in [1.82, 2.24) is 0 Å². The predicted octanol–water partition coefficient (Wildman–Crippen LogP) is 1.58. The molecular formula is C13H18NO2+. The van der Waals surface area contributed by atoms with Crippen LogP contribution in [0.15, 0.2) is 24.3 Å². The van der Waals surface area contributed by atoms with Gasteiger partial charge in [-0.05, 0) is 12.1 Å². The number of nitrogens with zero attached hydrogens (tertiary/aromatic N) is 1. The molecule has 1 aromatic carbocycles. The molecule has 0 saturated carbocycles. The smallest absolute Gasteiger partial charge is 0.178 e. The number of ether oxygens (including phenoxy) is 1. The van der Waals surface area contributed by atoms with E-state index in [1.807, 2.05) is 24.3 Å². The van der Waals surface area contributed by atoms with Crippen molar-refractivity contribution in [2.24, 2.45) is 5.92 Å². The second-order valence-corrected chi connectivity index (χ2v) is 5.34. The van der Waals surface area contributed by atoms with Gasteiger partial charge in [-0.1, -0.05) is 12.1 Å². The lowest BCUT2D eigenvalue weighted by molar-refractivity contribution is -0.872. The molecule has 1 aliphatic rings. The lowest BCUT2D eigenvalue weighted by Crippen LogP contribution is -2.44. The third kappa shape index (κ3) is 2.25. The number of ketones is 1. The van der Waals surface area contributed by atoms with E-state index >= 15 is 0 Å². The van der Waals surface area contributed by atoms with Gasteiger partial charge in [-0.15, -0.1) is 0 Å². The average molecular weight is 220 g/mol. The van der Waals surface area contributed by atoms with Gasteiger partial charge in [-0.25, -0.2) is 0 Å². The summed E-state index contributed by atoms with van der Waals surface area (Å²) in [5.41, 5.74) is 0.729. The van der Waals surface area contributed by atoms with E-state index in [0.29, 0.717) is 6.61 Å². The fourth-order valence-electron chi connectivity index (χ4n) is 2.08. The molecule has 0 spiro atoms. The first kappa shape index (κ1) is 11.1. The first-order chi connectivity index (χ1) is 7.47. The van der Waals surface area contributed by atoms with Gasteiger partial charge in [-0.2, -0.15) is 0 Å². The number of carbonyl (C=O) groups is 1. The van der Waals surface area contributed by atoms with Gasteiger partial charge in [0.05, 0.1) is 33.3 Å². The van der Waals surface area contributed by atoms with E-state index in [-0.39, 0.29) is 11.7 Å². The summed E-state index contributed by atoms with van der Waals surface area (Å²) in [6.45, 7) is 1.32. The molecule has 1 aromatic rings. The standard InChI is InChI=1S/C13H18NO2/c1-14(2,3)8-10-9-16-12-7-5-4-6-11(12)13(10)15/h4-7,10H,8-9H2,1-3H3/q+1. The fourth-order valence-corrected chi connectivity index (χ4v) is 2.08. The van der Waals surface area contributed by atoms with E-state index in [1.54, 1.807) is 0 Å². The molecule has 1 aliphatic heterocycles. The Labute approximate surface area is 96.2 Å². The maximum Gasteiger partial charge on any atom is 0.178 e. The number of hydrogen-bond donors (Lipinski definition) is 0. The lowest BCUT2D eigenvalue weighted by Gasteiger charge is -2.31. The number of Topliss-reactive ketones (excluding diaryl/α,β-unsaturated/α-hetero) is 1. The number of hydrogen-bond acceptors (Lipinski definition) is 2. The minimum absolute atomic E-state index is 0.0186. The van der Waals surface area contributed by atoms with Gasteiger partial charge in [0.15, 0.2) is 5.78 Å². The Morgan fingerprint density at radius 1 is 1.31 bits per heavy atom. The van der Waals surface area contributed by atoms with Crippen LogP contribution in [0.2, 0.25) is 0 Å². The molecule has 1 atom stereocenters. The average Bonchev–Trinajstić information content (AvgIpc) is 2.21. The third-order valence-electron chi connectivity index (χ3n) is 2.73. The van der Waals surface area contributed by atoms with Crippen molar-refractivity contribution in [2.75, 3.05) is 34.3 Å². The molecule has 0 bridgehead atoms. The Morgan fingerprint density at radius 2 is 2.00 bits per heavy atom. The Bertz CT molecular complexity index is 407. The zero-order valence-corrected chi connectivity index (χ0v) is 10.1. The molecule has 0 radical (unpaired) electrons. The van der Waals surface area contributed by atoms with Gasteiger partial charge in [0.1, 0.15) is 18.3 Å². The van der Waals surface area contributed by atoms with Crippen molar-refractivity contribution in [3.63, 3.8) is 0 Å². The predicted molar refractivity (Wildman–Crippen MR) is 62.7 cm³/mol. The van der Waals surface area contributed by atoms with Crippen LogP contribution in [0.4, 0.5) is 0 Å². The molecule has 0 aliphatic carbocycles. The summed E-state index contributed by atoms with van der Waals surface area (Å²) in [4.78, 5) is 12.2. The largest absolute Gasteiger partial charge is 0.492 e. The molecule has 0 N–H and O–H groups in total. The van der Waals surface area contributed by atoms with Gasteiger partial charge in [-0.3, -0.25) is 4.79 Å². The van der Waals surface area contributed by atoms with Crippen LogP contribution < -0.4 is 4.74 Å². The van der Waals surface area contributed by atoms with Crippen LogP contribution in [0.25, 0.3) is 0 Å². The second-order valence-electron chi connectivity index (χ2n) is 5.34. The summed E-state index contributed by atoms with van der Waals surface area (Å²) in [6.07, 6.45) is 0. The van der Waals surface area contributed by atoms with Crippen molar-refractivity contribution in [2.45, 2.75) is 0 Å². The molecule has 1 heterocycles. The second kappa shape index (κ2) is 3.91. The minimum atomic E-state index is -0.0186. The summed E-state index contributed by atoms with van der Waals surface area (Å²) < 4.78 is 6.40. The highest BCUT2D eigenvalue weighted by Gasteiger charge is 2.32. The fraction of sp³-hybridized carbons (Fsp3) is 0.462. The normalized spacial score (nSPS) is 20.2. The number of benzene rings is 1. The maximum atomic E-state index is 12.2. The Balaban J connectivity index is 2.22. The molecular weight excluding hydrogens is 202 g/mol. The quantitative estimate of drug-likeness (QED) is 0.707. The SMILES string of the molecule is C[N+](C)(C)CC1COc2ccccc2C1=O. The van der Waals surface area contributed by atoms with Gasteiger partial charge < -0.3 is 9.22 Å². The van der Waals surface area contributed by atoms with Gasteiger partial charge >= 0.3 is 0 Å². The minimum Gasteiger partial charge on any atom is -0.492 e. The van der Waals surface area contributed by atoms with E-state index in [9.17, 15) is 4.79 Å². The topological polar surface area (TPSA) is 26.3 Å². The van der Waals surface area contributed by atoms with Crippen molar-refractivity contribution in [3.05, 3.63) is 29.8 Å². The molecule has 2 rings (SSSR count). The van der Waals surface area contributed by atoms with Gasteiger partial charge in [0, 0.05) is 0 Å². The van der Waals surface area contributed by atoms with Crippen LogP contribution in [0.5, 0.6) is 5.75 Å². The van der Waals surface area contributed by atoms with Crippen LogP contribution in [0.1, 0.15) is 10.4 Å². The Morgan fingerprint density at radius 3 is 2.69 bits per heavy atom. The van der Waals surface area contributed by atoms with E-state index in [0.717, 1.165) is 22.3 Å². The first-order valence-electron chi connectivity index (χ1n) is 5.54. The molecule has 16 heavy (non-hydrogen) atoms.